The Morgan fingerprint density at radius 3 is 2.36 bits per heavy atom. The first-order valence-corrected chi connectivity index (χ1v) is 15.2. The maximum Gasteiger partial charge on any atom is 0.255 e. The van der Waals surface area contributed by atoms with E-state index >= 15 is 0 Å². The lowest BCUT2D eigenvalue weighted by molar-refractivity contribution is -0.153. The third-order valence-electron chi connectivity index (χ3n) is 9.71. The van der Waals surface area contributed by atoms with E-state index in [1.165, 1.54) is 11.3 Å². The molecule has 14 nitrogen and oxygen atoms in total. The summed E-state index contributed by atoms with van der Waals surface area (Å²) in [7, 11) is 6.65. The van der Waals surface area contributed by atoms with Gasteiger partial charge in [0, 0.05) is 37.3 Å². The number of amidine groups is 1. The fourth-order valence-corrected chi connectivity index (χ4v) is 7.56. The molecule has 4 atom stereocenters. The maximum atomic E-state index is 14.1. The van der Waals surface area contributed by atoms with Crippen molar-refractivity contribution in [2.45, 2.75) is 62.6 Å². The molecule has 2 unspecified atom stereocenters. The van der Waals surface area contributed by atoms with Crippen LogP contribution in [0.2, 0.25) is 0 Å². The van der Waals surface area contributed by atoms with E-state index in [0.29, 0.717) is 11.3 Å². The van der Waals surface area contributed by atoms with Gasteiger partial charge in [0.25, 0.3) is 5.91 Å². The molecule has 1 amide bonds. The number of fused-ring (bicyclic) bond motifs is 3. The molecule has 0 heterocycles. The summed E-state index contributed by atoms with van der Waals surface area (Å²) >= 11 is 0. The van der Waals surface area contributed by atoms with E-state index in [-0.39, 0.29) is 48.1 Å². The van der Waals surface area contributed by atoms with E-state index in [1.807, 2.05) is 0 Å². The molecule has 0 saturated heterocycles. The number of phenols is 1. The van der Waals surface area contributed by atoms with Gasteiger partial charge in [-0.05, 0) is 57.3 Å². The summed E-state index contributed by atoms with van der Waals surface area (Å²) in [6, 6.07) is 0.728. The van der Waals surface area contributed by atoms with Crippen LogP contribution in [0.25, 0.3) is 5.76 Å². The van der Waals surface area contributed by atoms with E-state index in [0.717, 1.165) is 25.7 Å². The number of aromatic hydroxyl groups is 1. The number of carbonyl (C=O) groups is 3. The monoisotopic (exact) mass is 626 g/mol. The molecule has 0 radical (unpaired) electrons. The smallest absolute Gasteiger partial charge is 0.255 e. The van der Waals surface area contributed by atoms with Gasteiger partial charge in [0.1, 0.15) is 28.6 Å². The Labute approximate surface area is 260 Å². The molecule has 1 aromatic carbocycles. The van der Waals surface area contributed by atoms with Crippen LogP contribution < -0.4 is 21.4 Å². The SMILES string of the molecule is CN(C)c1cc(N=C(CNC2CCCCC2)NO)c(O)c2c1CC1CC3[C@H](N(C)C)C(=O)C(C(N)=O)=C(O)[C@@]3(O)C(=O)C1=C2O. The van der Waals surface area contributed by atoms with E-state index in [4.69, 9.17) is 5.73 Å². The van der Waals surface area contributed by atoms with Crippen molar-refractivity contribution < 1.29 is 40.0 Å². The number of hydrogen-bond donors (Lipinski definition) is 8. The van der Waals surface area contributed by atoms with Crippen LogP contribution in [-0.4, -0.2) is 106 Å². The molecule has 5 rings (SSSR count). The van der Waals surface area contributed by atoms with E-state index in [1.54, 1.807) is 39.2 Å². The Morgan fingerprint density at radius 2 is 1.78 bits per heavy atom. The minimum absolute atomic E-state index is 0.00921. The number of nitrogens with zero attached hydrogens (tertiary/aromatic N) is 3. The zero-order valence-electron chi connectivity index (χ0n) is 25.9. The van der Waals surface area contributed by atoms with Gasteiger partial charge >= 0.3 is 0 Å². The van der Waals surface area contributed by atoms with Crippen molar-refractivity contribution in [2.75, 3.05) is 39.6 Å². The highest BCUT2D eigenvalue weighted by Gasteiger charge is 2.64. The van der Waals surface area contributed by atoms with E-state index in [9.17, 15) is 40.0 Å². The van der Waals surface area contributed by atoms with Gasteiger partial charge in [0.15, 0.2) is 17.1 Å². The Kier molecular flexibility index (Phi) is 8.70. The van der Waals surface area contributed by atoms with Crippen LogP contribution in [0.5, 0.6) is 5.75 Å². The number of phenolic OH excluding ortho intramolecular Hbond substituents is 1. The lowest BCUT2D eigenvalue weighted by atomic mass is 9.57. The standard InChI is InChI=1S/C31H42N6O8/c1-36(2)19-12-18(34-20(35-45)13-33-15-8-6-5-7-9-15)25(38)22-16(19)10-14-11-17-24(37(3)4)27(40)23(30(32)43)29(42)31(17,44)28(41)21(14)26(22)39/h12,14-15,17,24,33,38-39,42,44-45H,5-11,13H2,1-4H3,(H2,32,43)(H,34,35)/t14?,17?,24-,31-/m0/s1. The molecule has 2 fully saturated rings. The number of rotatable bonds is 7. The second kappa shape index (κ2) is 12.1. The molecule has 0 spiro atoms. The highest BCUT2D eigenvalue weighted by Crippen LogP contribution is 2.54. The molecule has 45 heavy (non-hydrogen) atoms. The molecule has 9 N–H and O–H groups in total. The predicted molar refractivity (Wildman–Crippen MR) is 165 cm³/mol. The number of aliphatic hydroxyl groups excluding tert-OH is 2. The summed E-state index contributed by atoms with van der Waals surface area (Å²) in [5.41, 5.74) is 4.68. The number of hydroxylamine groups is 1. The lowest BCUT2D eigenvalue weighted by Crippen LogP contribution is -2.65. The number of anilines is 1. The third kappa shape index (κ3) is 5.25. The quantitative estimate of drug-likeness (QED) is 0.0918. The van der Waals surface area contributed by atoms with Crippen LogP contribution in [0.1, 0.15) is 49.7 Å². The van der Waals surface area contributed by atoms with Crippen LogP contribution in [0.15, 0.2) is 28.0 Å². The van der Waals surface area contributed by atoms with E-state index < -0.39 is 63.8 Å². The third-order valence-corrected chi connectivity index (χ3v) is 9.71. The van der Waals surface area contributed by atoms with Crippen molar-refractivity contribution in [3.05, 3.63) is 34.1 Å². The zero-order chi connectivity index (χ0) is 33.0. The van der Waals surface area contributed by atoms with Crippen molar-refractivity contribution in [3.63, 3.8) is 0 Å². The number of hydrogen-bond acceptors (Lipinski definition) is 12. The largest absolute Gasteiger partial charge is 0.508 e. The number of nitrogens with one attached hydrogen (secondary N) is 2. The second-order valence-electron chi connectivity index (χ2n) is 12.9. The minimum Gasteiger partial charge on any atom is -0.508 e. The van der Waals surface area contributed by atoms with Gasteiger partial charge in [-0.2, -0.15) is 0 Å². The van der Waals surface area contributed by atoms with Gasteiger partial charge in [0.05, 0.1) is 18.2 Å². The summed E-state index contributed by atoms with van der Waals surface area (Å²) in [6.45, 7) is 0.191. The first-order valence-electron chi connectivity index (χ1n) is 15.2. The first-order chi connectivity index (χ1) is 21.2. The molecule has 4 aliphatic rings. The summed E-state index contributed by atoms with van der Waals surface area (Å²) < 4.78 is 0. The van der Waals surface area contributed by atoms with Crippen molar-refractivity contribution in [3.8, 4) is 5.75 Å². The van der Waals surface area contributed by atoms with Crippen LogP contribution in [0.4, 0.5) is 11.4 Å². The summed E-state index contributed by atoms with van der Waals surface area (Å²) in [5.74, 6) is -7.11. The number of benzene rings is 1. The average molecular weight is 627 g/mol. The molecule has 0 aliphatic heterocycles. The molecular weight excluding hydrogens is 584 g/mol. The van der Waals surface area contributed by atoms with Gasteiger partial charge in [-0.3, -0.25) is 30.0 Å². The minimum atomic E-state index is -2.72. The van der Waals surface area contributed by atoms with Gasteiger partial charge in [-0.25, -0.2) is 4.99 Å². The highest BCUT2D eigenvalue weighted by molar-refractivity contribution is 6.24. The number of aliphatic imine (C=N–C) groups is 1. The second-order valence-corrected chi connectivity index (χ2v) is 12.9. The molecule has 14 heteroatoms. The Balaban J connectivity index is 1.63. The number of primary amides is 1. The van der Waals surface area contributed by atoms with Gasteiger partial charge < -0.3 is 36.4 Å². The molecular formula is C31H42N6O8. The molecule has 244 valence electrons. The average Bonchev–Trinajstić information content (AvgIpc) is 2.98. The lowest BCUT2D eigenvalue weighted by Gasteiger charge is -2.50. The molecule has 1 aromatic rings. The molecule has 0 aromatic heterocycles. The normalized spacial score (nSPS) is 27.4. The van der Waals surface area contributed by atoms with Crippen molar-refractivity contribution in [1.29, 1.82) is 0 Å². The topological polar surface area (TPSA) is 221 Å². The maximum absolute atomic E-state index is 14.1. The summed E-state index contributed by atoms with van der Waals surface area (Å²) in [6.07, 6.45) is 5.56. The number of Topliss-reactive ketones (excluding diaryl/α,β-unsaturated/α-hetero) is 2. The first kappa shape index (κ1) is 32.4. The molecule has 0 bridgehead atoms. The van der Waals surface area contributed by atoms with Crippen molar-refractivity contribution >= 4 is 40.4 Å². The number of likely N-dealkylation sites (N-methyl/N-ethyl adjacent to an activating group) is 1. The summed E-state index contributed by atoms with van der Waals surface area (Å²) in [4.78, 5) is 47.3. The number of ketones is 2. The van der Waals surface area contributed by atoms with Gasteiger partial charge in [-0.1, -0.05) is 19.3 Å². The number of aliphatic hydroxyl groups is 3. The van der Waals surface area contributed by atoms with Crippen LogP contribution in [0, 0.1) is 11.8 Å². The summed E-state index contributed by atoms with van der Waals surface area (Å²) in [5, 5.41) is 59.2. The fraction of sp³-hybridized carbons (Fsp3) is 0.548. The highest BCUT2D eigenvalue weighted by atomic mass is 16.5. The zero-order valence-corrected chi connectivity index (χ0v) is 25.9. The van der Waals surface area contributed by atoms with E-state index in [2.05, 4.69) is 15.8 Å². The Hall–Kier alpha value is -3.98. The predicted octanol–water partition coefficient (Wildman–Crippen LogP) is 0.961. The van der Waals surface area contributed by atoms with Gasteiger partial charge in [0.2, 0.25) is 5.78 Å². The van der Waals surface area contributed by atoms with Crippen LogP contribution >= 0.6 is 0 Å². The molecule has 2 saturated carbocycles. The molecule has 4 aliphatic carbocycles. The number of carbonyl (C=O) groups excluding carboxylic acids is 3. The van der Waals surface area contributed by atoms with Crippen LogP contribution in [-0.2, 0) is 20.8 Å². The Bertz CT molecular complexity index is 1530. The van der Waals surface area contributed by atoms with Crippen molar-refractivity contribution in [1.82, 2.24) is 15.7 Å². The van der Waals surface area contributed by atoms with Crippen molar-refractivity contribution in [2.24, 2.45) is 22.6 Å². The Morgan fingerprint density at radius 1 is 1.11 bits per heavy atom. The van der Waals surface area contributed by atoms with Gasteiger partial charge in [-0.15, -0.1) is 0 Å². The number of nitrogens with two attached hydrogens (primary N) is 1. The fourth-order valence-electron chi connectivity index (χ4n) is 7.56. The van der Waals surface area contributed by atoms with Crippen LogP contribution in [0.3, 0.4) is 0 Å². The number of amides is 1.